The number of fused-ring (bicyclic) bond motifs is 1. The Balaban J connectivity index is 0.00000512. The fourth-order valence-corrected chi connectivity index (χ4v) is 3.96. The smallest absolute Gasteiger partial charge is 0.871 e. The van der Waals surface area contributed by atoms with Gasteiger partial charge in [-0.2, -0.15) is 0 Å². The topological polar surface area (TPSA) is 82.4 Å². The van der Waals surface area contributed by atoms with E-state index >= 15 is 0 Å². The molecule has 0 radical (unpaired) electrons. The van der Waals surface area contributed by atoms with Crippen molar-refractivity contribution in [3.63, 3.8) is 0 Å². The fraction of sp³-hybridized carbons (Fsp3) is 0.615. The molecule has 0 aliphatic rings. The van der Waals surface area contributed by atoms with Crippen LogP contribution in [0.5, 0.6) is 5.75 Å². The van der Waals surface area contributed by atoms with E-state index in [1.54, 1.807) is 13.0 Å². The molecule has 0 aliphatic carbocycles. The molecule has 6 heteroatoms. The number of hydrogen-bond donors (Lipinski definition) is 1. The van der Waals surface area contributed by atoms with Gasteiger partial charge in [-0.1, -0.05) is 89.7 Å². The van der Waals surface area contributed by atoms with E-state index in [0.717, 1.165) is 24.8 Å². The van der Waals surface area contributed by atoms with E-state index in [0.29, 0.717) is 11.8 Å². The van der Waals surface area contributed by atoms with Crippen molar-refractivity contribution in [2.24, 2.45) is 0 Å². The van der Waals surface area contributed by atoms with Crippen LogP contribution in [0.3, 0.4) is 0 Å². The predicted octanol–water partition coefficient (Wildman–Crippen LogP) is 3.60. The van der Waals surface area contributed by atoms with E-state index in [1.807, 2.05) is 0 Å². The molecular formula is C26H38NNaO4. The predicted molar refractivity (Wildman–Crippen MR) is 126 cm³/mol. The molecule has 0 unspecified atom stereocenters. The van der Waals surface area contributed by atoms with Gasteiger partial charge in [0, 0.05) is 23.6 Å². The monoisotopic (exact) mass is 451 g/mol. The van der Waals surface area contributed by atoms with E-state index in [9.17, 15) is 14.7 Å². The Kier molecular flexibility index (Phi) is 14.7. The van der Waals surface area contributed by atoms with E-state index in [-0.39, 0.29) is 52.5 Å². The molecular weight excluding hydrogens is 413 g/mol. The normalized spacial score (nSPS) is 10.8. The number of carbonyl (C=O) groups excluding carboxylic acids is 1. The Labute approximate surface area is 214 Å². The van der Waals surface area contributed by atoms with Gasteiger partial charge in [-0.15, -0.1) is 0 Å². The van der Waals surface area contributed by atoms with E-state index in [1.165, 1.54) is 76.3 Å². The number of aryl methyl sites for hydroxylation is 1. The summed E-state index contributed by atoms with van der Waals surface area (Å²) in [5.41, 5.74) is 0.732. The van der Waals surface area contributed by atoms with Gasteiger partial charge < -0.3 is 14.8 Å². The van der Waals surface area contributed by atoms with Crippen molar-refractivity contribution >= 4 is 22.6 Å². The largest absolute Gasteiger partial charge is 1.00 e. The number of unbranched alkanes of at least 4 members (excludes halogenated alkanes) is 12. The van der Waals surface area contributed by atoms with Gasteiger partial charge in [-0.3, -0.25) is 4.79 Å². The van der Waals surface area contributed by atoms with Gasteiger partial charge in [0.25, 0.3) is 0 Å². The van der Waals surface area contributed by atoms with Gasteiger partial charge in [-0.25, -0.2) is 4.79 Å². The number of amides is 1. The minimum Gasteiger partial charge on any atom is -0.871 e. The van der Waals surface area contributed by atoms with Crippen LogP contribution in [0.2, 0.25) is 0 Å². The number of anilines is 1. The van der Waals surface area contributed by atoms with Crippen LogP contribution < -0.4 is 45.6 Å². The zero-order chi connectivity index (χ0) is 22.5. The summed E-state index contributed by atoms with van der Waals surface area (Å²) in [6.45, 7) is 4.03. The SMILES string of the molecule is CCCCCCCCCCCCCCCC(=O)Nc1cc2c(C)cc(=O)oc2cc1[O-].[Na+]. The van der Waals surface area contributed by atoms with E-state index in [4.69, 9.17) is 4.42 Å². The molecule has 32 heavy (non-hydrogen) atoms. The summed E-state index contributed by atoms with van der Waals surface area (Å²) < 4.78 is 5.07. The van der Waals surface area contributed by atoms with Crippen molar-refractivity contribution in [3.8, 4) is 5.75 Å². The van der Waals surface area contributed by atoms with Crippen molar-refractivity contribution in [1.29, 1.82) is 0 Å². The molecule has 0 atom stereocenters. The molecule has 1 aromatic carbocycles. The molecule has 0 fully saturated rings. The first-order valence-electron chi connectivity index (χ1n) is 12.1. The summed E-state index contributed by atoms with van der Waals surface area (Å²) in [6, 6.07) is 4.24. The van der Waals surface area contributed by atoms with Gasteiger partial charge in [0.05, 0.1) is 0 Å². The fourth-order valence-electron chi connectivity index (χ4n) is 3.96. The summed E-state index contributed by atoms with van der Waals surface area (Å²) >= 11 is 0. The summed E-state index contributed by atoms with van der Waals surface area (Å²) in [7, 11) is 0. The van der Waals surface area contributed by atoms with Crippen LogP contribution >= 0.6 is 0 Å². The zero-order valence-corrected chi connectivity index (χ0v) is 22.3. The van der Waals surface area contributed by atoms with E-state index in [2.05, 4.69) is 12.2 Å². The first-order chi connectivity index (χ1) is 15.0. The maximum Gasteiger partial charge on any atom is 1.00 e. The maximum absolute atomic E-state index is 12.2. The Hall–Kier alpha value is -1.30. The Morgan fingerprint density at radius 2 is 1.41 bits per heavy atom. The number of nitrogens with one attached hydrogen (secondary N) is 1. The van der Waals surface area contributed by atoms with Crippen LogP contribution in [-0.2, 0) is 4.79 Å². The molecule has 1 aromatic heterocycles. The van der Waals surface area contributed by atoms with Crippen molar-refractivity contribution in [2.45, 2.75) is 104 Å². The van der Waals surface area contributed by atoms with Crippen LogP contribution in [0.1, 0.15) is 102 Å². The molecule has 0 aliphatic heterocycles. The second-order valence-corrected chi connectivity index (χ2v) is 8.63. The van der Waals surface area contributed by atoms with Crippen molar-refractivity contribution in [1.82, 2.24) is 0 Å². The number of hydrogen-bond acceptors (Lipinski definition) is 4. The van der Waals surface area contributed by atoms with Gasteiger partial charge >= 0.3 is 35.2 Å². The molecule has 1 amide bonds. The number of carbonyl (C=O) groups is 1. The van der Waals surface area contributed by atoms with Gasteiger partial charge in [0.2, 0.25) is 5.91 Å². The Bertz CT molecular complexity index is 878. The third-order valence-electron chi connectivity index (χ3n) is 5.83. The first kappa shape index (κ1) is 28.7. The summed E-state index contributed by atoms with van der Waals surface area (Å²) in [5, 5.41) is 15.6. The molecule has 0 saturated carbocycles. The molecule has 0 bridgehead atoms. The standard InChI is InChI=1S/C26H39NO4.Na/c1-3-4-5-6-7-8-9-10-11-12-13-14-15-16-25(29)27-22-18-21-20(2)17-26(30)31-24(21)19-23(22)28;/h17-19,28H,3-16H2,1-2H3,(H,27,29);/q;+1/p-1. The van der Waals surface area contributed by atoms with E-state index < -0.39 is 5.63 Å². The second-order valence-electron chi connectivity index (χ2n) is 8.63. The molecule has 1 heterocycles. The summed E-state index contributed by atoms with van der Waals surface area (Å²) in [4.78, 5) is 23.7. The van der Waals surface area contributed by atoms with Crippen molar-refractivity contribution in [2.75, 3.05) is 5.32 Å². The average Bonchev–Trinajstić information content (AvgIpc) is 2.72. The van der Waals surface area contributed by atoms with Crippen LogP contribution in [0, 0.1) is 6.92 Å². The molecule has 2 rings (SSSR count). The molecule has 0 spiro atoms. The van der Waals surface area contributed by atoms with Gasteiger partial charge in [-0.05, 0) is 31.0 Å². The molecule has 0 saturated heterocycles. The molecule has 2 aromatic rings. The van der Waals surface area contributed by atoms with Crippen LogP contribution in [0.4, 0.5) is 5.69 Å². The number of benzene rings is 1. The van der Waals surface area contributed by atoms with Crippen molar-refractivity contribution in [3.05, 3.63) is 34.2 Å². The Morgan fingerprint density at radius 3 is 1.97 bits per heavy atom. The summed E-state index contributed by atoms with van der Waals surface area (Å²) in [5.74, 6) is -0.491. The zero-order valence-electron chi connectivity index (χ0n) is 20.3. The molecule has 5 nitrogen and oxygen atoms in total. The summed E-state index contributed by atoms with van der Waals surface area (Å²) in [6.07, 6.45) is 16.8. The first-order valence-corrected chi connectivity index (χ1v) is 12.1. The van der Waals surface area contributed by atoms with Crippen LogP contribution in [0.25, 0.3) is 11.0 Å². The van der Waals surface area contributed by atoms with Crippen LogP contribution in [-0.4, -0.2) is 5.91 Å². The average molecular weight is 452 g/mol. The third kappa shape index (κ3) is 10.5. The number of rotatable bonds is 15. The minimum absolute atomic E-state index is 0. The minimum atomic E-state index is -0.483. The second kappa shape index (κ2) is 16.3. The van der Waals surface area contributed by atoms with Gasteiger partial charge in [0.15, 0.2) is 0 Å². The maximum atomic E-state index is 12.2. The van der Waals surface area contributed by atoms with Crippen molar-refractivity contribution < 1.29 is 43.9 Å². The molecule has 172 valence electrons. The third-order valence-corrected chi connectivity index (χ3v) is 5.83. The quantitative estimate of drug-likeness (QED) is 0.255. The van der Waals surface area contributed by atoms with Gasteiger partial charge in [0.1, 0.15) is 5.58 Å². The van der Waals surface area contributed by atoms with Crippen LogP contribution in [0.15, 0.2) is 27.4 Å². The molecule has 1 N–H and O–H groups in total. The Morgan fingerprint density at radius 1 is 0.875 bits per heavy atom.